The van der Waals surface area contributed by atoms with Gasteiger partial charge in [0, 0.05) is 62.6 Å². The molecule has 0 bridgehead atoms. The van der Waals surface area contributed by atoms with Gasteiger partial charge in [0.25, 0.3) is 0 Å². The monoisotopic (exact) mass is 455 g/mol. The number of fused-ring (bicyclic) bond motifs is 1. The third-order valence-electron chi connectivity index (χ3n) is 4.38. The second kappa shape index (κ2) is 11.6. The summed E-state index contributed by atoms with van der Waals surface area (Å²) in [6, 6.07) is 3.79. The van der Waals surface area contributed by atoms with E-state index >= 15 is 0 Å². The van der Waals surface area contributed by atoms with Crippen LogP contribution in [0.5, 0.6) is 0 Å². The summed E-state index contributed by atoms with van der Waals surface area (Å²) >= 11 is 0. The normalized spacial score (nSPS) is 12.6. The number of hydrogen-bond donors (Lipinski definition) is 4. The van der Waals surface area contributed by atoms with E-state index in [1.807, 2.05) is 36.0 Å². The SMILES string of the molecule is C1CCOC1.CC(C)NC(=O)O.Cn1cc(-c2cc3nccn3c(Nc3ccn[nH]3)n2)cn1. The number of H-pyrrole nitrogens is 1. The molecule has 1 aliphatic heterocycles. The number of amides is 1. The summed E-state index contributed by atoms with van der Waals surface area (Å²) in [5.74, 6) is 1.42. The number of carbonyl (C=O) groups is 1. The molecule has 0 aromatic carbocycles. The predicted molar refractivity (Wildman–Crippen MR) is 123 cm³/mol. The Hall–Kier alpha value is -3.93. The van der Waals surface area contributed by atoms with Crippen molar-refractivity contribution in [2.45, 2.75) is 32.7 Å². The summed E-state index contributed by atoms with van der Waals surface area (Å²) in [6.07, 6.45) is 10.6. The van der Waals surface area contributed by atoms with E-state index in [9.17, 15) is 4.79 Å². The van der Waals surface area contributed by atoms with Crippen LogP contribution in [-0.2, 0) is 11.8 Å². The molecule has 1 amide bonds. The minimum Gasteiger partial charge on any atom is -0.465 e. The van der Waals surface area contributed by atoms with Gasteiger partial charge in [-0.2, -0.15) is 10.2 Å². The molecule has 1 saturated heterocycles. The van der Waals surface area contributed by atoms with Crippen molar-refractivity contribution in [3.63, 3.8) is 0 Å². The Labute approximate surface area is 191 Å². The largest absolute Gasteiger partial charge is 0.465 e. The van der Waals surface area contributed by atoms with Crippen molar-refractivity contribution >= 4 is 23.5 Å². The summed E-state index contributed by atoms with van der Waals surface area (Å²) in [4.78, 5) is 18.7. The highest BCUT2D eigenvalue weighted by Crippen LogP contribution is 2.22. The van der Waals surface area contributed by atoms with Crippen molar-refractivity contribution in [2.24, 2.45) is 7.05 Å². The van der Waals surface area contributed by atoms with Crippen LogP contribution in [0.3, 0.4) is 0 Å². The van der Waals surface area contributed by atoms with Crippen LogP contribution in [0.15, 0.2) is 43.1 Å². The topological polar surface area (TPSA) is 147 Å². The highest BCUT2D eigenvalue weighted by atomic mass is 16.5. The molecule has 176 valence electrons. The maximum absolute atomic E-state index is 9.70. The highest BCUT2D eigenvalue weighted by Gasteiger charge is 2.10. The lowest BCUT2D eigenvalue weighted by Gasteiger charge is -2.08. The zero-order valence-corrected chi connectivity index (χ0v) is 18.9. The van der Waals surface area contributed by atoms with Crippen molar-refractivity contribution in [3.05, 3.63) is 43.1 Å². The van der Waals surface area contributed by atoms with Crippen LogP contribution in [0.25, 0.3) is 16.9 Å². The van der Waals surface area contributed by atoms with E-state index in [0.29, 0.717) is 5.95 Å². The lowest BCUT2D eigenvalue weighted by Crippen LogP contribution is -2.27. The third kappa shape index (κ3) is 7.31. The van der Waals surface area contributed by atoms with Gasteiger partial charge in [-0.1, -0.05) is 0 Å². The molecular weight excluding hydrogens is 426 g/mol. The summed E-state index contributed by atoms with van der Waals surface area (Å²) in [5.41, 5.74) is 2.56. The van der Waals surface area contributed by atoms with Gasteiger partial charge >= 0.3 is 6.09 Å². The molecule has 5 heterocycles. The van der Waals surface area contributed by atoms with Crippen molar-refractivity contribution in [2.75, 3.05) is 18.5 Å². The first-order chi connectivity index (χ1) is 15.9. The Morgan fingerprint density at radius 1 is 1.27 bits per heavy atom. The Bertz CT molecular complexity index is 1120. The molecule has 0 radical (unpaired) electrons. The van der Waals surface area contributed by atoms with Crippen molar-refractivity contribution < 1.29 is 14.6 Å². The second-order valence-corrected chi connectivity index (χ2v) is 7.54. The van der Waals surface area contributed by atoms with E-state index in [0.717, 1.165) is 35.9 Å². The van der Waals surface area contributed by atoms with Crippen LogP contribution < -0.4 is 10.6 Å². The summed E-state index contributed by atoms with van der Waals surface area (Å²) in [5, 5.41) is 24.3. The number of hydrogen-bond acceptors (Lipinski definition) is 7. The van der Waals surface area contributed by atoms with Gasteiger partial charge in [0.1, 0.15) is 11.5 Å². The van der Waals surface area contributed by atoms with Crippen LogP contribution in [0.4, 0.5) is 16.6 Å². The Kier molecular flexibility index (Phi) is 8.36. The van der Waals surface area contributed by atoms with Gasteiger partial charge in [0.05, 0.1) is 18.1 Å². The molecule has 0 atom stereocenters. The molecule has 12 heteroatoms. The van der Waals surface area contributed by atoms with Crippen LogP contribution in [-0.4, -0.2) is 64.8 Å². The molecule has 33 heavy (non-hydrogen) atoms. The number of imidazole rings is 1. The number of ether oxygens (including phenoxy) is 1. The van der Waals surface area contributed by atoms with Gasteiger partial charge in [-0.05, 0) is 26.7 Å². The first-order valence-electron chi connectivity index (χ1n) is 10.6. The van der Waals surface area contributed by atoms with Gasteiger partial charge in [-0.3, -0.25) is 14.2 Å². The average molecular weight is 456 g/mol. The van der Waals surface area contributed by atoms with Gasteiger partial charge in [-0.15, -0.1) is 0 Å². The maximum Gasteiger partial charge on any atom is 0.404 e. The lowest BCUT2D eigenvalue weighted by atomic mass is 10.2. The van der Waals surface area contributed by atoms with E-state index in [1.54, 1.807) is 37.1 Å². The first kappa shape index (κ1) is 23.7. The number of carboxylic acid groups (broad SMARTS) is 1. The Morgan fingerprint density at radius 2 is 2.06 bits per heavy atom. The standard InChI is InChI=1S/C13H12N8.C4H9NO2.C4H8O/c1-20-8-9(7-16-20)10-6-12-14-4-5-21(12)13(17-10)18-11-2-3-15-19-11;1-3(2)5-4(6)7;1-2-4-5-3-1/h2-8H,1H3,(H2,15,17,18,19);3,5H,1-2H3,(H,6,7);1-4H2. The fourth-order valence-corrected chi connectivity index (χ4v) is 2.92. The Morgan fingerprint density at radius 3 is 2.58 bits per heavy atom. The molecule has 4 N–H and O–H groups in total. The summed E-state index contributed by atoms with van der Waals surface area (Å²) in [6.45, 7) is 5.54. The number of rotatable bonds is 4. The zero-order chi connectivity index (χ0) is 23.6. The number of nitrogens with zero attached hydrogens (tertiary/aromatic N) is 6. The number of aryl methyl sites for hydroxylation is 1. The smallest absolute Gasteiger partial charge is 0.404 e. The molecule has 1 aliphatic rings. The molecule has 0 spiro atoms. The van der Waals surface area contributed by atoms with Crippen LogP contribution in [0, 0.1) is 0 Å². The van der Waals surface area contributed by atoms with Crippen LogP contribution in [0.1, 0.15) is 26.7 Å². The predicted octanol–water partition coefficient (Wildman–Crippen LogP) is 3.06. The van der Waals surface area contributed by atoms with E-state index in [-0.39, 0.29) is 6.04 Å². The van der Waals surface area contributed by atoms with E-state index in [4.69, 9.17) is 9.84 Å². The van der Waals surface area contributed by atoms with Crippen molar-refractivity contribution in [1.29, 1.82) is 0 Å². The van der Waals surface area contributed by atoms with E-state index in [1.165, 1.54) is 12.8 Å². The molecule has 12 nitrogen and oxygen atoms in total. The summed E-state index contributed by atoms with van der Waals surface area (Å²) in [7, 11) is 1.88. The molecule has 0 saturated carbocycles. The molecule has 4 aromatic heterocycles. The molecule has 5 rings (SSSR count). The molecule has 0 unspecified atom stereocenters. The molecule has 4 aromatic rings. The van der Waals surface area contributed by atoms with E-state index < -0.39 is 6.09 Å². The molecular formula is C21H29N9O3. The van der Waals surface area contributed by atoms with Gasteiger partial charge in [0.2, 0.25) is 5.95 Å². The number of aromatic nitrogens is 7. The average Bonchev–Trinajstić information content (AvgIpc) is 3.55. The molecule has 1 fully saturated rings. The fraction of sp³-hybridized carbons (Fsp3) is 0.381. The minimum atomic E-state index is -0.963. The van der Waals surface area contributed by atoms with Gasteiger partial charge in [-0.25, -0.2) is 14.8 Å². The maximum atomic E-state index is 9.70. The highest BCUT2D eigenvalue weighted by molar-refractivity contribution is 5.66. The fourth-order valence-electron chi connectivity index (χ4n) is 2.92. The van der Waals surface area contributed by atoms with Crippen molar-refractivity contribution in [1.82, 2.24) is 39.7 Å². The zero-order valence-electron chi connectivity index (χ0n) is 18.9. The third-order valence-corrected chi connectivity index (χ3v) is 4.38. The first-order valence-corrected chi connectivity index (χ1v) is 10.6. The summed E-state index contributed by atoms with van der Waals surface area (Å²) < 4.78 is 8.56. The van der Waals surface area contributed by atoms with Crippen LogP contribution in [0.2, 0.25) is 0 Å². The van der Waals surface area contributed by atoms with Gasteiger partial charge < -0.3 is 20.5 Å². The van der Waals surface area contributed by atoms with Gasteiger partial charge in [0.15, 0.2) is 0 Å². The van der Waals surface area contributed by atoms with Crippen LogP contribution >= 0.6 is 0 Å². The second-order valence-electron chi connectivity index (χ2n) is 7.54. The molecule has 0 aliphatic carbocycles. The Balaban J connectivity index is 0.000000211. The van der Waals surface area contributed by atoms with Crippen molar-refractivity contribution in [3.8, 4) is 11.3 Å². The lowest BCUT2D eigenvalue weighted by molar-refractivity contribution is 0.191. The number of anilines is 2. The van der Waals surface area contributed by atoms with E-state index in [2.05, 4.69) is 35.9 Å². The number of nitrogens with one attached hydrogen (secondary N) is 3. The quantitative estimate of drug-likeness (QED) is 0.367. The minimum absolute atomic E-state index is 0.0255. The number of aromatic amines is 1.